The van der Waals surface area contributed by atoms with Gasteiger partial charge in [-0.15, -0.1) is 0 Å². The molecule has 2 aromatic heterocycles. The molecule has 2 aliphatic heterocycles. The predicted molar refractivity (Wildman–Crippen MR) is 119 cm³/mol. The van der Waals surface area contributed by atoms with Crippen LogP contribution in [0.2, 0.25) is 10.2 Å². The summed E-state index contributed by atoms with van der Waals surface area (Å²) >= 11 is 12.6. The van der Waals surface area contributed by atoms with Gasteiger partial charge in [0.05, 0.1) is 17.8 Å². The van der Waals surface area contributed by atoms with Gasteiger partial charge in [0.2, 0.25) is 0 Å². The quantitative estimate of drug-likeness (QED) is 0.559. The standard InChI is InChI=1S/C22H21Cl2N5O/c1-28-19-7-8-29(11-14-9-13-3-6-20(24)26-22(13)25-14)12-17(19)21(27-28)16-5-4-15(30-2)10-18(16)23/h3-6,10H,7-9,11-12H2,1-2H3. The Bertz CT molecular complexity index is 1170. The first kappa shape index (κ1) is 19.5. The van der Waals surface area contributed by atoms with Crippen molar-refractivity contribution in [1.29, 1.82) is 0 Å². The number of rotatable bonds is 4. The molecule has 30 heavy (non-hydrogen) atoms. The maximum Gasteiger partial charge on any atom is 0.157 e. The Morgan fingerprint density at radius 3 is 2.83 bits per heavy atom. The average Bonchev–Trinajstić information content (AvgIpc) is 3.27. The summed E-state index contributed by atoms with van der Waals surface area (Å²) in [4.78, 5) is 11.5. The van der Waals surface area contributed by atoms with Gasteiger partial charge >= 0.3 is 0 Å². The molecule has 5 rings (SSSR count). The van der Waals surface area contributed by atoms with E-state index >= 15 is 0 Å². The van der Waals surface area contributed by atoms with E-state index in [1.165, 1.54) is 11.3 Å². The van der Waals surface area contributed by atoms with Crippen molar-refractivity contribution >= 4 is 34.7 Å². The molecule has 8 heteroatoms. The zero-order valence-corrected chi connectivity index (χ0v) is 18.3. The van der Waals surface area contributed by atoms with Gasteiger partial charge in [-0.1, -0.05) is 29.3 Å². The molecule has 0 bridgehead atoms. The molecule has 0 aliphatic carbocycles. The largest absolute Gasteiger partial charge is 0.497 e. The number of fused-ring (bicyclic) bond motifs is 2. The minimum absolute atomic E-state index is 0.484. The summed E-state index contributed by atoms with van der Waals surface area (Å²) < 4.78 is 7.27. The maximum atomic E-state index is 6.55. The summed E-state index contributed by atoms with van der Waals surface area (Å²) in [7, 11) is 3.64. The second kappa shape index (κ2) is 7.69. The molecule has 0 amide bonds. The normalized spacial score (nSPS) is 15.7. The van der Waals surface area contributed by atoms with Crippen LogP contribution < -0.4 is 4.74 Å². The number of hydrogen-bond donors (Lipinski definition) is 0. The summed E-state index contributed by atoms with van der Waals surface area (Å²) in [6, 6.07) is 9.58. The first-order valence-electron chi connectivity index (χ1n) is 9.84. The Labute approximate surface area is 185 Å². The monoisotopic (exact) mass is 441 g/mol. The molecule has 0 atom stereocenters. The van der Waals surface area contributed by atoms with Crippen LogP contribution in [0.25, 0.3) is 11.3 Å². The van der Waals surface area contributed by atoms with Crippen molar-refractivity contribution in [2.75, 3.05) is 20.2 Å². The van der Waals surface area contributed by atoms with E-state index < -0.39 is 0 Å². The molecule has 0 fully saturated rings. The van der Waals surface area contributed by atoms with Gasteiger partial charge in [0, 0.05) is 67.6 Å². The second-order valence-electron chi connectivity index (χ2n) is 7.68. The molecule has 0 unspecified atom stereocenters. The molecular formula is C22H21Cl2N5O. The van der Waals surface area contributed by atoms with Gasteiger partial charge in [-0.25, -0.2) is 9.98 Å². The number of pyridine rings is 1. The third kappa shape index (κ3) is 3.49. The minimum Gasteiger partial charge on any atom is -0.497 e. The Kier molecular flexibility index (Phi) is 5.01. The fourth-order valence-electron chi connectivity index (χ4n) is 4.26. The molecule has 0 saturated heterocycles. The van der Waals surface area contributed by atoms with Crippen LogP contribution in [0.5, 0.6) is 5.75 Å². The van der Waals surface area contributed by atoms with Gasteiger partial charge in [-0.2, -0.15) is 5.10 Å². The van der Waals surface area contributed by atoms with Crippen molar-refractivity contribution < 1.29 is 4.74 Å². The van der Waals surface area contributed by atoms with Crippen LogP contribution in [-0.4, -0.2) is 45.6 Å². The van der Waals surface area contributed by atoms with Crippen LogP contribution in [0.3, 0.4) is 0 Å². The Balaban J connectivity index is 1.40. The van der Waals surface area contributed by atoms with Crippen molar-refractivity contribution in [3.63, 3.8) is 0 Å². The SMILES string of the molecule is COc1ccc(-c2nn(C)c3c2CN(CC2=Nc4nc(Cl)ccc4C2)CC3)c(Cl)c1. The third-order valence-corrected chi connectivity index (χ3v) is 6.26. The molecule has 3 aromatic rings. The number of aliphatic imine (C=N–C) groups is 1. The van der Waals surface area contributed by atoms with Gasteiger partial charge in [-0.3, -0.25) is 9.58 Å². The summed E-state index contributed by atoms with van der Waals surface area (Å²) in [6.07, 6.45) is 1.77. The Hall–Kier alpha value is -2.41. The lowest BCUT2D eigenvalue weighted by Crippen LogP contribution is -2.35. The van der Waals surface area contributed by atoms with E-state index in [-0.39, 0.29) is 0 Å². The van der Waals surface area contributed by atoms with Gasteiger partial charge in [0.15, 0.2) is 5.82 Å². The van der Waals surface area contributed by atoms with Crippen LogP contribution in [-0.2, 0) is 26.4 Å². The lowest BCUT2D eigenvalue weighted by atomic mass is 10.00. The number of nitrogens with zero attached hydrogens (tertiary/aromatic N) is 5. The molecule has 0 saturated carbocycles. The fraction of sp³-hybridized carbons (Fsp3) is 0.318. The summed E-state index contributed by atoms with van der Waals surface area (Å²) in [5.74, 6) is 1.49. The number of benzene rings is 1. The number of halogens is 2. The van der Waals surface area contributed by atoms with E-state index in [0.717, 1.165) is 66.6 Å². The van der Waals surface area contributed by atoms with E-state index in [2.05, 4.69) is 9.88 Å². The van der Waals surface area contributed by atoms with Gasteiger partial charge in [0.1, 0.15) is 10.9 Å². The molecule has 0 radical (unpaired) electrons. The van der Waals surface area contributed by atoms with Gasteiger partial charge in [-0.05, 0) is 24.3 Å². The third-order valence-electron chi connectivity index (χ3n) is 5.74. The van der Waals surface area contributed by atoms with Gasteiger partial charge < -0.3 is 4.74 Å². The molecule has 154 valence electrons. The molecule has 6 nitrogen and oxygen atoms in total. The predicted octanol–water partition coefficient (Wildman–Crippen LogP) is 4.48. The highest BCUT2D eigenvalue weighted by Gasteiger charge is 2.27. The molecule has 0 spiro atoms. The highest BCUT2D eigenvalue weighted by atomic mass is 35.5. The molecule has 1 aromatic carbocycles. The van der Waals surface area contributed by atoms with E-state index in [4.69, 9.17) is 38.0 Å². The first-order chi connectivity index (χ1) is 14.5. The molecule has 4 heterocycles. The number of aryl methyl sites for hydroxylation is 1. The summed E-state index contributed by atoms with van der Waals surface area (Å²) in [6.45, 7) is 2.58. The highest BCUT2D eigenvalue weighted by Crippen LogP contribution is 2.36. The lowest BCUT2D eigenvalue weighted by Gasteiger charge is -2.27. The van der Waals surface area contributed by atoms with Crippen molar-refractivity contribution in [2.24, 2.45) is 12.0 Å². The zero-order valence-electron chi connectivity index (χ0n) is 16.8. The van der Waals surface area contributed by atoms with Crippen molar-refractivity contribution in [3.8, 4) is 17.0 Å². The van der Waals surface area contributed by atoms with Crippen LogP contribution in [0.15, 0.2) is 35.3 Å². The van der Waals surface area contributed by atoms with E-state index in [0.29, 0.717) is 10.2 Å². The van der Waals surface area contributed by atoms with E-state index in [9.17, 15) is 0 Å². The minimum atomic E-state index is 0.484. The summed E-state index contributed by atoms with van der Waals surface area (Å²) in [5, 5.41) is 5.93. The smallest absolute Gasteiger partial charge is 0.157 e. The highest BCUT2D eigenvalue weighted by molar-refractivity contribution is 6.33. The number of hydrogen-bond acceptors (Lipinski definition) is 5. The zero-order chi connectivity index (χ0) is 20.8. The van der Waals surface area contributed by atoms with Crippen LogP contribution in [0, 0.1) is 0 Å². The van der Waals surface area contributed by atoms with Crippen LogP contribution in [0.1, 0.15) is 16.8 Å². The Morgan fingerprint density at radius 1 is 1.17 bits per heavy atom. The fourth-order valence-corrected chi connectivity index (χ4v) is 4.66. The molecule has 2 aliphatic rings. The maximum absolute atomic E-state index is 6.55. The van der Waals surface area contributed by atoms with E-state index in [1.54, 1.807) is 7.11 Å². The number of methoxy groups -OCH3 is 1. The van der Waals surface area contributed by atoms with Crippen molar-refractivity contribution in [1.82, 2.24) is 19.7 Å². The summed E-state index contributed by atoms with van der Waals surface area (Å²) in [5.41, 5.74) is 6.62. The average molecular weight is 442 g/mol. The number of ether oxygens (including phenoxy) is 1. The van der Waals surface area contributed by atoms with Gasteiger partial charge in [0.25, 0.3) is 0 Å². The van der Waals surface area contributed by atoms with Crippen molar-refractivity contribution in [3.05, 3.63) is 57.3 Å². The van der Waals surface area contributed by atoms with E-state index in [1.807, 2.05) is 42.1 Å². The topological polar surface area (TPSA) is 55.5 Å². The Morgan fingerprint density at radius 2 is 2.03 bits per heavy atom. The second-order valence-corrected chi connectivity index (χ2v) is 8.47. The first-order valence-corrected chi connectivity index (χ1v) is 10.6. The number of aromatic nitrogens is 3. The van der Waals surface area contributed by atoms with Crippen molar-refractivity contribution in [2.45, 2.75) is 19.4 Å². The lowest BCUT2D eigenvalue weighted by molar-refractivity contribution is 0.286. The molecular weight excluding hydrogens is 421 g/mol. The molecule has 0 N–H and O–H groups in total. The van der Waals surface area contributed by atoms with Crippen LogP contribution >= 0.6 is 23.2 Å². The van der Waals surface area contributed by atoms with Crippen LogP contribution in [0.4, 0.5) is 5.82 Å².